The van der Waals surface area contributed by atoms with Gasteiger partial charge in [-0.3, -0.25) is 19.6 Å². The Labute approximate surface area is 216 Å². The van der Waals surface area contributed by atoms with Crippen molar-refractivity contribution >= 4 is 17.8 Å². The number of hydrogen-bond donors (Lipinski definition) is 3. The van der Waals surface area contributed by atoms with Crippen molar-refractivity contribution in [1.29, 1.82) is 0 Å². The zero-order valence-electron chi connectivity index (χ0n) is 21.5. The average molecular weight is 509 g/mol. The van der Waals surface area contributed by atoms with Crippen LogP contribution in [0.3, 0.4) is 0 Å². The molecule has 11 heteroatoms. The maximum Gasteiger partial charge on any atom is 0.354 e. The van der Waals surface area contributed by atoms with Crippen molar-refractivity contribution < 1.29 is 9.59 Å². The molecule has 198 valence electrons. The summed E-state index contributed by atoms with van der Waals surface area (Å²) in [4.78, 5) is 47.5. The van der Waals surface area contributed by atoms with Gasteiger partial charge >= 0.3 is 11.7 Å². The van der Waals surface area contributed by atoms with Crippen LogP contribution in [0, 0.1) is 17.8 Å². The van der Waals surface area contributed by atoms with Crippen molar-refractivity contribution in [3.05, 3.63) is 52.6 Å². The molecule has 37 heavy (non-hydrogen) atoms. The molecule has 0 radical (unpaired) electrons. The highest BCUT2D eigenvalue weighted by molar-refractivity contribution is 5.89. The number of nitrogens with one attached hydrogen (secondary N) is 1. The Morgan fingerprint density at radius 2 is 1.65 bits per heavy atom. The fourth-order valence-electron chi connectivity index (χ4n) is 5.61. The molecule has 1 saturated carbocycles. The first kappa shape index (κ1) is 25.4. The van der Waals surface area contributed by atoms with E-state index in [2.05, 4.69) is 15.2 Å². The zero-order valence-corrected chi connectivity index (χ0v) is 21.5. The smallest absolute Gasteiger partial charge is 0.338 e. The van der Waals surface area contributed by atoms with Crippen LogP contribution < -0.4 is 22.5 Å². The molecule has 0 spiro atoms. The lowest BCUT2D eigenvalue weighted by atomic mass is 10.1. The van der Waals surface area contributed by atoms with Crippen LogP contribution in [-0.4, -0.2) is 87.5 Å². The number of carbonyl (C=O) groups is 2. The molecule has 3 aliphatic rings. The van der Waals surface area contributed by atoms with E-state index in [0.717, 1.165) is 49.6 Å². The highest BCUT2D eigenvalue weighted by atomic mass is 16.2. The fraction of sp³-hybridized carbons (Fsp3) is 0.538. The summed E-state index contributed by atoms with van der Waals surface area (Å²) in [7, 11) is 0. The van der Waals surface area contributed by atoms with Gasteiger partial charge in [0.25, 0.3) is 0 Å². The van der Waals surface area contributed by atoms with Crippen molar-refractivity contribution in [1.82, 2.24) is 24.3 Å². The summed E-state index contributed by atoms with van der Waals surface area (Å²) in [6.45, 7) is 8.85. The first-order chi connectivity index (χ1) is 17.6. The number of anilines is 1. The molecule has 11 nitrogen and oxygen atoms in total. The molecular weight excluding hydrogens is 472 g/mol. The Morgan fingerprint density at radius 1 is 1.03 bits per heavy atom. The molecule has 5 N–H and O–H groups in total. The minimum absolute atomic E-state index is 0.140. The van der Waals surface area contributed by atoms with Crippen molar-refractivity contribution in [2.24, 2.45) is 29.2 Å². The van der Waals surface area contributed by atoms with E-state index in [-0.39, 0.29) is 17.8 Å². The third-order valence-corrected chi connectivity index (χ3v) is 7.78. The number of piperidine rings is 1. The summed E-state index contributed by atoms with van der Waals surface area (Å²) in [6.07, 6.45) is 1.61. The minimum Gasteiger partial charge on any atom is -0.338 e. The van der Waals surface area contributed by atoms with Gasteiger partial charge in [0.1, 0.15) is 5.82 Å². The quantitative estimate of drug-likeness (QED) is 0.509. The van der Waals surface area contributed by atoms with E-state index in [1.54, 1.807) is 35.9 Å². The molecule has 2 aromatic rings. The van der Waals surface area contributed by atoms with Gasteiger partial charge in [0.15, 0.2) is 0 Å². The number of piperazine rings is 1. The van der Waals surface area contributed by atoms with Crippen LogP contribution in [-0.2, 0) is 11.3 Å². The summed E-state index contributed by atoms with van der Waals surface area (Å²) in [6, 6.07) is 9.16. The molecular formula is C26H36N8O3. The lowest BCUT2D eigenvalue weighted by molar-refractivity contribution is -0.137. The Morgan fingerprint density at radius 3 is 2.22 bits per heavy atom. The van der Waals surface area contributed by atoms with Crippen LogP contribution in [0.1, 0.15) is 19.4 Å². The number of rotatable bonds is 6. The molecule has 3 heterocycles. The number of aromatic nitrogens is 2. The minimum atomic E-state index is -0.943. The fourth-order valence-corrected chi connectivity index (χ4v) is 5.61. The molecule has 3 atom stereocenters. The van der Waals surface area contributed by atoms with Crippen molar-refractivity contribution in [3.8, 4) is 5.69 Å². The first-order valence-electron chi connectivity index (χ1n) is 12.9. The molecule has 1 aromatic heterocycles. The van der Waals surface area contributed by atoms with Crippen LogP contribution in [0.5, 0.6) is 0 Å². The third kappa shape index (κ3) is 5.39. The monoisotopic (exact) mass is 508 g/mol. The van der Waals surface area contributed by atoms with E-state index < -0.39 is 11.2 Å². The van der Waals surface area contributed by atoms with E-state index in [1.165, 1.54) is 10.1 Å². The molecule has 1 aromatic carbocycles. The van der Waals surface area contributed by atoms with Crippen LogP contribution in [0.2, 0.25) is 0 Å². The van der Waals surface area contributed by atoms with Crippen LogP contribution in [0.25, 0.3) is 5.69 Å². The Bertz CT molecular complexity index is 1200. The second-order valence-electron chi connectivity index (χ2n) is 11.0. The molecule has 5 rings (SSSR count). The normalized spacial score (nSPS) is 23.6. The van der Waals surface area contributed by atoms with Gasteiger partial charge in [-0.05, 0) is 61.9 Å². The van der Waals surface area contributed by atoms with Crippen LogP contribution in [0.4, 0.5) is 10.6 Å². The van der Waals surface area contributed by atoms with Crippen molar-refractivity contribution in [3.63, 3.8) is 0 Å². The highest BCUT2D eigenvalue weighted by Crippen LogP contribution is 2.51. The lowest BCUT2D eigenvalue weighted by Gasteiger charge is -2.37. The summed E-state index contributed by atoms with van der Waals surface area (Å²) < 4.78 is 1.45. The van der Waals surface area contributed by atoms with Crippen molar-refractivity contribution in [2.75, 3.05) is 51.1 Å². The Balaban J connectivity index is 1.14. The average Bonchev–Trinajstić information content (AvgIpc) is 3.36. The number of hydrogen-bond acceptors (Lipinski definition) is 7. The van der Waals surface area contributed by atoms with Gasteiger partial charge in [0, 0.05) is 52.0 Å². The Hall–Kier alpha value is -3.28. The topological polar surface area (TPSA) is 143 Å². The maximum atomic E-state index is 12.7. The molecule has 0 unspecified atom stereocenters. The number of nitrogens with two attached hydrogens (primary N) is 2. The van der Waals surface area contributed by atoms with Gasteiger partial charge < -0.3 is 21.3 Å². The summed E-state index contributed by atoms with van der Waals surface area (Å²) >= 11 is 0. The van der Waals surface area contributed by atoms with E-state index in [0.29, 0.717) is 26.2 Å². The lowest BCUT2D eigenvalue weighted by Crippen LogP contribution is -2.58. The van der Waals surface area contributed by atoms with E-state index in [4.69, 9.17) is 11.5 Å². The molecule has 2 aliphatic heterocycles. The predicted octanol–water partition coefficient (Wildman–Crippen LogP) is 0.282. The number of urea groups is 1. The predicted molar refractivity (Wildman–Crippen MR) is 140 cm³/mol. The summed E-state index contributed by atoms with van der Waals surface area (Å²) in [5.74, 6) is 2.30. The number of amides is 3. The third-order valence-electron chi connectivity index (χ3n) is 7.78. The molecule has 2 saturated heterocycles. The van der Waals surface area contributed by atoms with E-state index >= 15 is 0 Å². The molecule has 3 fully saturated rings. The van der Waals surface area contributed by atoms with Crippen LogP contribution in [0.15, 0.2) is 41.3 Å². The zero-order chi connectivity index (χ0) is 26.3. The SMILES string of the molecule is CC(C)(N)C(=O)N1CCN(C(=O)Nc2ccn(-c3ccc(CN4C[C@@H]5[C@@H](CN)[C@@H]5C4)cc3)c(=O)n2)CC1. The molecule has 0 bridgehead atoms. The number of carbonyl (C=O) groups excluding carboxylic acids is 2. The molecule has 1 aliphatic carbocycles. The summed E-state index contributed by atoms with van der Waals surface area (Å²) in [5, 5.41) is 2.69. The second-order valence-corrected chi connectivity index (χ2v) is 11.0. The summed E-state index contributed by atoms with van der Waals surface area (Å²) in [5.41, 5.74) is 12.2. The highest BCUT2D eigenvalue weighted by Gasteiger charge is 2.54. The standard InChI is InChI=1S/C26H36N8O3/c1-26(2,28)23(35)32-9-11-33(12-10-32)24(36)29-22-7-8-34(25(37)30-22)18-5-3-17(4-6-18)14-31-15-20-19(13-27)21(20)16-31/h3-8,19-21H,9-16,27-28H2,1-2H3,(H,29,30,36,37)/t19-,20-,21+. The number of likely N-dealkylation sites (tertiary alicyclic amines) is 1. The van der Waals surface area contributed by atoms with Crippen molar-refractivity contribution in [2.45, 2.75) is 25.9 Å². The van der Waals surface area contributed by atoms with Gasteiger partial charge in [-0.25, -0.2) is 9.59 Å². The van der Waals surface area contributed by atoms with Gasteiger partial charge in [0.05, 0.1) is 11.2 Å². The maximum absolute atomic E-state index is 12.7. The van der Waals surface area contributed by atoms with Gasteiger partial charge in [-0.15, -0.1) is 0 Å². The molecule has 3 amide bonds. The van der Waals surface area contributed by atoms with E-state index in [1.807, 2.05) is 24.3 Å². The van der Waals surface area contributed by atoms with Gasteiger partial charge in [0.2, 0.25) is 5.91 Å². The number of fused-ring (bicyclic) bond motifs is 1. The Kier molecular flexibility index (Phi) is 6.78. The number of benzene rings is 1. The first-order valence-corrected chi connectivity index (χ1v) is 12.9. The van der Waals surface area contributed by atoms with Gasteiger partial charge in [-0.1, -0.05) is 12.1 Å². The van der Waals surface area contributed by atoms with E-state index in [9.17, 15) is 14.4 Å². The second kappa shape index (κ2) is 9.88. The largest absolute Gasteiger partial charge is 0.354 e. The van der Waals surface area contributed by atoms with Gasteiger partial charge in [-0.2, -0.15) is 4.98 Å². The number of nitrogens with zero attached hydrogens (tertiary/aromatic N) is 5. The van der Waals surface area contributed by atoms with Crippen LogP contribution >= 0.6 is 0 Å².